The van der Waals surface area contributed by atoms with Gasteiger partial charge in [0.1, 0.15) is 0 Å². The van der Waals surface area contributed by atoms with E-state index in [4.69, 9.17) is 5.11 Å². The number of carboxylic acids is 1. The van der Waals surface area contributed by atoms with Crippen LogP contribution in [-0.2, 0) is 4.79 Å². The molecule has 2 atom stereocenters. The van der Waals surface area contributed by atoms with Crippen LogP contribution in [0.3, 0.4) is 0 Å². The van der Waals surface area contributed by atoms with Gasteiger partial charge in [-0.25, -0.2) is 0 Å². The number of aliphatic carboxylic acids is 1. The number of nitrogens with zero attached hydrogens (tertiary/aromatic N) is 2. The second kappa shape index (κ2) is 6.02. The molecule has 1 aliphatic heterocycles. The molecule has 2 unspecified atom stereocenters. The molecule has 0 aromatic rings. The van der Waals surface area contributed by atoms with Gasteiger partial charge in [0.15, 0.2) is 0 Å². The number of hydrogen-bond acceptors (Lipinski definition) is 3. The van der Waals surface area contributed by atoms with Crippen LogP contribution < -0.4 is 0 Å². The van der Waals surface area contributed by atoms with Crippen molar-refractivity contribution in [2.75, 3.05) is 26.7 Å². The van der Waals surface area contributed by atoms with Crippen molar-refractivity contribution in [2.45, 2.75) is 52.6 Å². The lowest BCUT2D eigenvalue weighted by molar-refractivity contribution is -0.147. The largest absolute Gasteiger partial charge is 0.481 e. The SMILES string of the molecule is CC1CN(CCCC(C)(C)C(=O)O)CC(C)N1C. The minimum atomic E-state index is -0.692. The Balaban J connectivity index is 2.34. The van der Waals surface area contributed by atoms with Gasteiger partial charge in [-0.3, -0.25) is 9.69 Å². The van der Waals surface area contributed by atoms with E-state index in [1.807, 2.05) is 13.8 Å². The lowest BCUT2D eigenvalue weighted by atomic mass is 9.88. The zero-order valence-corrected chi connectivity index (χ0v) is 12.4. The van der Waals surface area contributed by atoms with Gasteiger partial charge in [-0.2, -0.15) is 0 Å². The highest BCUT2D eigenvalue weighted by Crippen LogP contribution is 2.23. The zero-order valence-electron chi connectivity index (χ0n) is 12.4. The highest BCUT2D eigenvalue weighted by atomic mass is 16.4. The van der Waals surface area contributed by atoms with Crippen LogP contribution in [-0.4, -0.2) is 59.6 Å². The van der Waals surface area contributed by atoms with E-state index in [1.165, 1.54) is 0 Å². The van der Waals surface area contributed by atoms with E-state index in [-0.39, 0.29) is 0 Å². The smallest absolute Gasteiger partial charge is 0.309 e. The third-order valence-electron chi connectivity index (χ3n) is 4.29. The molecule has 18 heavy (non-hydrogen) atoms. The molecule has 1 N–H and O–H groups in total. The van der Waals surface area contributed by atoms with Gasteiger partial charge in [0, 0.05) is 25.2 Å². The summed E-state index contributed by atoms with van der Waals surface area (Å²) in [5.74, 6) is -0.692. The molecule has 106 valence electrons. The van der Waals surface area contributed by atoms with Crippen LogP contribution in [0.1, 0.15) is 40.5 Å². The minimum Gasteiger partial charge on any atom is -0.481 e. The van der Waals surface area contributed by atoms with Crippen LogP contribution >= 0.6 is 0 Å². The Kier molecular flexibility index (Phi) is 5.17. The summed E-state index contributed by atoms with van der Waals surface area (Å²) >= 11 is 0. The van der Waals surface area contributed by atoms with Crippen molar-refractivity contribution in [2.24, 2.45) is 5.41 Å². The Labute approximate surface area is 111 Å². The molecule has 0 aromatic carbocycles. The molecule has 1 fully saturated rings. The number of piperazine rings is 1. The molecule has 4 heteroatoms. The standard InChI is InChI=1S/C14H28N2O2/c1-11-9-16(10-12(2)15(11)5)8-6-7-14(3,4)13(17)18/h11-12H,6-10H2,1-5H3,(H,17,18). The van der Waals surface area contributed by atoms with Crippen molar-refractivity contribution in [3.05, 3.63) is 0 Å². The zero-order chi connectivity index (χ0) is 13.9. The van der Waals surface area contributed by atoms with E-state index in [0.717, 1.165) is 32.5 Å². The Morgan fingerprint density at radius 2 is 1.78 bits per heavy atom. The molecule has 4 nitrogen and oxygen atoms in total. The van der Waals surface area contributed by atoms with Crippen LogP contribution in [0.15, 0.2) is 0 Å². The maximum Gasteiger partial charge on any atom is 0.309 e. The van der Waals surface area contributed by atoms with Gasteiger partial charge in [-0.1, -0.05) is 0 Å². The molecule has 0 aromatic heterocycles. The first kappa shape index (κ1) is 15.4. The normalized spacial score (nSPS) is 27.4. The average Bonchev–Trinajstić information content (AvgIpc) is 2.25. The molecule has 1 rings (SSSR count). The van der Waals surface area contributed by atoms with Crippen molar-refractivity contribution < 1.29 is 9.90 Å². The summed E-state index contributed by atoms with van der Waals surface area (Å²) in [4.78, 5) is 15.9. The minimum absolute atomic E-state index is 0.584. The van der Waals surface area contributed by atoms with Crippen LogP contribution in [0.4, 0.5) is 0 Å². The molecule has 1 aliphatic rings. The first-order chi connectivity index (χ1) is 8.24. The number of likely N-dealkylation sites (N-methyl/N-ethyl adjacent to an activating group) is 1. The van der Waals surface area contributed by atoms with Gasteiger partial charge in [-0.05, 0) is 54.1 Å². The van der Waals surface area contributed by atoms with E-state index in [9.17, 15) is 4.79 Å². The third kappa shape index (κ3) is 3.95. The van der Waals surface area contributed by atoms with E-state index in [2.05, 4.69) is 30.7 Å². The summed E-state index contributed by atoms with van der Waals surface area (Å²) in [6, 6.07) is 1.17. The molecule has 1 heterocycles. The molecule has 0 spiro atoms. The molecular weight excluding hydrogens is 228 g/mol. The second-order valence-electron chi connectivity index (χ2n) is 6.42. The monoisotopic (exact) mass is 256 g/mol. The van der Waals surface area contributed by atoms with Crippen molar-refractivity contribution in [3.63, 3.8) is 0 Å². The summed E-state index contributed by atoms with van der Waals surface area (Å²) in [7, 11) is 2.18. The first-order valence-electron chi connectivity index (χ1n) is 6.91. The van der Waals surface area contributed by atoms with Gasteiger partial charge in [0.05, 0.1) is 5.41 Å². The average molecular weight is 256 g/mol. The van der Waals surface area contributed by atoms with Crippen molar-refractivity contribution in [1.29, 1.82) is 0 Å². The van der Waals surface area contributed by atoms with Crippen LogP contribution in [0.5, 0.6) is 0 Å². The summed E-state index contributed by atoms with van der Waals surface area (Å²) in [6.07, 6.45) is 1.71. The molecule has 1 saturated heterocycles. The third-order valence-corrected chi connectivity index (χ3v) is 4.29. The summed E-state index contributed by atoms with van der Waals surface area (Å²) < 4.78 is 0. The van der Waals surface area contributed by atoms with Gasteiger partial charge < -0.3 is 10.0 Å². The molecule has 0 amide bonds. The van der Waals surface area contributed by atoms with Gasteiger partial charge in [-0.15, -0.1) is 0 Å². The lowest BCUT2D eigenvalue weighted by Gasteiger charge is -2.42. The predicted molar refractivity (Wildman–Crippen MR) is 73.8 cm³/mol. The molecule has 0 aliphatic carbocycles. The van der Waals surface area contributed by atoms with Crippen LogP contribution in [0.25, 0.3) is 0 Å². The van der Waals surface area contributed by atoms with Crippen LogP contribution in [0, 0.1) is 5.41 Å². The van der Waals surface area contributed by atoms with Gasteiger partial charge >= 0.3 is 5.97 Å². The summed E-state index contributed by atoms with van der Waals surface area (Å²) in [6.45, 7) is 11.3. The maximum atomic E-state index is 11.0. The molecule has 0 saturated carbocycles. The Morgan fingerprint density at radius 1 is 1.28 bits per heavy atom. The fourth-order valence-electron chi connectivity index (χ4n) is 2.55. The van der Waals surface area contributed by atoms with Crippen molar-refractivity contribution >= 4 is 5.97 Å². The highest BCUT2D eigenvalue weighted by molar-refractivity contribution is 5.73. The first-order valence-corrected chi connectivity index (χ1v) is 6.91. The number of carboxylic acid groups (broad SMARTS) is 1. The number of carbonyl (C=O) groups is 1. The fraction of sp³-hybridized carbons (Fsp3) is 0.929. The molecule has 0 bridgehead atoms. The lowest BCUT2D eigenvalue weighted by Crippen LogP contribution is -2.55. The Bertz CT molecular complexity index is 280. The van der Waals surface area contributed by atoms with Gasteiger partial charge in [0.25, 0.3) is 0 Å². The van der Waals surface area contributed by atoms with E-state index in [1.54, 1.807) is 0 Å². The van der Waals surface area contributed by atoms with Crippen LogP contribution in [0.2, 0.25) is 0 Å². The molecule has 0 radical (unpaired) electrons. The molecular formula is C14H28N2O2. The van der Waals surface area contributed by atoms with Gasteiger partial charge in [0.2, 0.25) is 0 Å². The fourth-order valence-corrected chi connectivity index (χ4v) is 2.55. The maximum absolute atomic E-state index is 11.0. The summed E-state index contributed by atoms with van der Waals surface area (Å²) in [5, 5.41) is 9.08. The van der Waals surface area contributed by atoms with Crippen molar-refractivity contribution in [3.8, 4) is 0 Å². The Morgan fingerprint density at radius 3 is 2.22 bits per heavy atom. The Hall–Kier alpha value is -0.610. The van der Waals surface area contributed by atoms with Crippen molar-refractivity contribution in [1.82, 2.24) is 9.80 Å². The highest BCUT2D eigenvalue weighted by Gasteiger charge is 2.29. The second-order valence-corrected chi connectivity index (χ2v) is 6.42. The van der Waals surface area contributed by atoms with E-state index < -0.39 is 11.4 Å². The topological polar surface area (TPSA) is 43.8 Å². The number of hydrogen-bond donors (Lipinski definition) is 1. The van der Waals surface area contributed by atoms with E-state index in [0.29, 0.717) is 12.1 Å². The summed E-state index contributed by atoms with van der Waals surface area (Å²) in [5.41, 5.74) is -0.593. The predicted octanol–water partition coefficient (Wildman–Crippen LogP) is 1.90. The van der Waals surface area contributed by atoms with E-state index >= 15 is 0 Å². The number of rotatable bonds is 5. The quantitative estimate of drug-likeness (QED) is 0.816.